The van der Waals surface area contributed by atoms with Crippen molar-refractivity contribution in [3.63, 3.8) is 0 Å². The molecule has 5 nitrogen and oxygen atoms in total. The van der Waals surface area contributed by atoms with E-state index in [0.717, 1.165) is 48.2 Å². The predicted molar refractivity (Wildman–Crippen MR) is 88.8 cm³/mol. The average Bonchev–Trinajstić information content (AvgIpc) is 3.26. The van der Waals surface area contributed by atoms with Gasteiger partial charge in [-0.1, -0.05) is 6.07 Å². The lowest BCUT2D eigenvalue weighted by Gasteiger charge is -2.16. The molecule has 2 aromatic heterocycles. The first-order valence-corrected chi connectivity index (χ1v) is 7.95. The third-order valence-electron chi connectivity index (χ3n) is 4.34. The van der Waals surface area contributed by atoms with E-state index in [0.29, 0.717) is 6.54 Å². The molecule has 0 N–H and O–H groups in total. The Kier molecular flexibility index (Phi) is 3.54. The van der Waals surface area contributed by atoms with Crippen LogP contribution >= 0.6 is 0 Å². The van der Waals surface area contributed by atoms with Gasteiger partial charge in [0, 0.05) is 42.6 Å². The van der Waals surface area contributed by atoms with Crippen LogP contribution in [-0.4, -0.2) is 38.4 Å². The van der Waals surface area contributed by atoms with Gasteiger partial charge >= 0.3 is 0 Å². The molecule has 0 radical (unpaired) electrons. The normalized spacial score (nSPS) is 14.5. The Bertz CT molecular complexity index is 849. The van der Waals surface area contributed by atoms with Crippen LogP contribution < -0.4 is 0 Å². The fraction of sp³-hybridized carbons (Fsp3) is 0.278. The second-order valence-corrected chi connectivity index (χ2v) is 5.88. The van der Waals surface area contributed by atoms with Crippen LogP contribution in [0.4, 0.5) is 0 Å². The van der Waals surface area contributed by atoms with E-state index in [1.54, 1.807) is 12.4 Å². The van der Waals surface area contributed by atoms with Gasteiger partial charge in [-0.15, -0.1) is 0 Å². The van der Waals surface area contributed by atoms with Crippen molar-refractivity contribution in [2.45, 2.75) is 19.4 Å². The van der Waals surface area contributed by atoms with E-state index in [-0.39, 0.29) is 5.91 Å². The van der Waals surface area contributed by atoms with E-state index >= 15 is 0 Å². The first kappa shape index (κ1) is 13.9. The summed E-state index contributed by atoms with van der Waals surface area (Å²) in [5, 5.41) is 1.07. The molecule has 1 amide bonds. The molecule has 3 aromatic rings. The van der Waals surface area contributed by atoms with Crippen LogP contribution in [0.2, 0.25) is 0 Å². The molecule has 0 bridgehead atoms. The minimum Gasteiger partial charge on any atom is -0.341 e. The fourth-order valence-corrected chi connectivity index (χ4v) is 3.12. The van der Waals surface area contributed by atoms with Gasteiger partial charge in [-0.05, 0) is 37.1 Å². The smallest absolute Gasteiger partial charge is 0.242 e. The molecule has 1 saturated heterocycles. The Labute approximate surface area is 134 Å². The number of nitrogens with zero attached hydrogens (tertiary/aromatic N) is 4. The molecule has 23 heavy (non-hydrogen) atoms. The zero-order chi connectivity index (χ0) is 15.6. The summed E-state index contributed by atoms with van der Waals surface area (Å²) in [6.45, 7) is 2.11. The van der Waals surface area contributed by atoms with E-state index in [4.69, 9.17) is 0 Å². The van der Waals surface area contributed by atoms with Crippen molar-refractivity contribution >= 4 is 16.8 Å². The maximum absolute atomic E-state index is 12.4. The highest BCUT2D eigenvalue weighted by molar-refractivity contribution is 5.83. The van der Waals surface area contributed by atoms with Gasteiger partial charge in [-0.25, -0.2) is 4.98 Å². The first-order chi connectivity index (χ1) is 11.3. The number of hydrogen-bond acceptors (Lipinski definition) is 3. The number of likely N-dealkylation sites (tertiary alicyclic amines) is 1. The molecule has 116 valence electrons. The summed E-state index contributed by atoms with van der Waals surface area (Å²) in [7, 11) is 0. The number of hydrogen-bond donors (Lipinski definition) is 0. The third-order valence-corrected chi connectivity index (χ3v) is 4.34. The second kappa shape index (κ2) is 5.83. The van der Waals surface area contributed by atoms with Gasteiger partial charge in [0.2, 0.25) is 5.91 Å². The Morgan fingerprint density at radius 2 is 1.96 bits per heavy atom. The molecule has 1 fully saturated rings. The molecule has 1 aliphatic heterocycles. The standard InChI is InChI=1S/C18H18N4O/c23-17(21-9-1-2-10-21)13-22-11-8-20-18(22)15-5-6-16-14(12-15)4-3-7-19-16/h3-8,11-12H,1-2,9-10,13H2. The van der Waals surface area contributed by atoms with Gasteiger partial charge in [0.25, 0.3) is 0 Å². The molecule has 0 saturated carbocycles. The molecule has 4 rings (SSSR count). The Hall–Kier alpha value is -2.69. The Balaban J connectivity index is 1.63. The highest BCUT2D eigenvalue weighted by Gasteiger charge is 2.19. The molecular weight excluding hydrogens is 288 g/mol. The monoisotopic (exact) mass is 306 g/mol. The van der Waals surface area contributed by atoms with Crippen molar-refractivity contribution in [2.24, 2.45) is 0 Å². The lowest BCUT2D eigenvalue weighted by Crippen LogP contribution is -2.31. The number of aromatic nitrogens is 3. The van der Waals surface area contributed by atoms with Crippen molar-refractivity contribution in [1.29, 1.82) is 0 Å². The quantitative estimate of drug-likeness (QED) is 0.747. The van der Waals surface area contributed by atoms with Gasteiger partial charge in [0.05, 0.1) is 5.52 Å². The molecule has 0 spiro atoms. The Morgan fingerprint density at radius 1 is 1.09 bits per heavy atom. The van der Waals surface area contributed by atoms with Crippen molar-refractivity contribution in [3.8, 4) is 11.4 Å². The molecule has 3 heterocycles. The zero-order valence-corrected chi connectivity index (χ0v) is 12.9. The van der Waals surface area contributed by atoms with Crippen LogP contribution in [0.25, 0.3) is 22.3 Å². The highest BCUT2D eigenvalue weighted by Crippen LogP contribution is 2.22. The van der Waals surface area contributed by atoms with Gasteiger partial charge in [-0.2, -0.15) is 0 Å². The first-order valence-electron chi connectivity index (χ1n) is 7.95. The number of fused-ring (bicyclic) bond motifs is 1. The summed E-state index contributed by atoms with van der Waals surface area (Å²) in [5.41, 5.74) is 1.97. The van der Waals surface area contributed by atoms with Crippen molar-refractivity contribution in [3.05, 3.63) is 48.9 Å². The maximum atomic E-state index is 12.4. The van der Waals surface area contributed by atoms with Crippen molar-refractivity contribution < 1.29 is 4.79 Å². The summed E-state index contributed by atoms with van der Waals surface area (Å²) in [4.78, 5) is 23.1. The lowest BCUT2D eigenvalue weighted by atomic mass is 10.1. The van der Waals surface area contributed by atoms with Gasteiger partial charge in [0.1, 0.15) is 12.4 Å². The molecule has 1 aromatic carbocycles. The van der Waals surface area contributed by atoms with Crippen LogP contribution in [0, 0.1) is 0 Å². The van der Waals surface area contributed by atoms with E-state index in [1.165, 1.54) is 0 Å². The number of rotatable bonds is 3. The summed E-state index contributed by atoms with van der Waals surface area (Å²) in [6, 6.07) is 10.0. The minimum absolute atomic E-state index is 0.171. The van der Waals surface area contributed by atoms with Crippen molar-refractivity contribution in [2.75, 3.05) is 13.1 Å². The van der Waals surface area contributed by atoms with Crippen LogP contribution in [0.5, 0.6) is 0 Å². The number of imidazole rings is 1. The van der Waals surface area contributed by atoms with Gasteiger partial charge in [-0.3, -0.25) is 9.78 Å². The largest absolute Gasteiger partial charge is 0.341 e. The van der Waals surface area contributed by atoms with Gasteiger partial charge in [0.15, 0.2) is 0 Å². The maximum Gasteiger partial charge on any atom is 0.242 e. The average molecular weight is 306 g/mol. The summed E-state index contributed by atoms with van der Waals surface area (Å²) >= 11 is 0. The second-order valence-electron chi connectivity index (χ2n) is 5.88. The third kappa shape index (κ3) is 2.70. The summed E-state index contributed by atoms with van der Waals surface area (Å²) < 4.78 is 1.93. The fourth-order valence-electron chi connectivity index (χ4n) is 3.12. The number of pyridine rings is 1. The zero-order valence-electron chi connectivity index (χ0n) is 12.9. The van der Waals surface area contributed by atoms with E-state index in [2.05, 4.69) is 16.0 Å². The summed E-state index contributed by atoms with van der Waals surface area (Å²) in [6.07, 6.45) is 7.63. The lowest BCUT2D eigenvalue weighted by molar-refractivity contribution is -0.130. The van der Waals surface area contributed by atoms with Crippen molar-refractivity contribution in [1.82, 2.24) is 19.4 Å². The van der Waals surface area contributed by atoms with Crippen LogP contribution in [0.15, 0.2) is 48.9 Å². The number of carbonyl (C=O) groups is 1. The van der Waals surface area contributed by atoms with E-state index in [1.807, 2.05) is 39.9 Å². The van der Waals surface area contributed by atoms with Crippen LogP contribution in [0.3, 0.4) is 0 Å². The summed E-state index contributed by atoms with van der Waals surface area (Å²) in [5.74, 6) is 0.993. The van der Waals surface area contributed by atoms with Gasteiger partial charge < -0.3 is 9.47 Å². The topological polar surface area (TPSA) is 51.0 Å². The minimum atomic E-state index is 0.171. The molecule has 0 aliphatic carbocycles. The molecule has 0 unspecified atom stereocenters. The predicted octanol–water partition coefficient (Wildman–Crippen LogP) is 2.72. The molecular formula is C18H18N4O. The highest BCUT2D eigenvalue weighted by atomic mass is 16.2. The number of benzene rings is 1. The Morgan fingerprint density at radius 3 is 2.83 bits per heavy atom. The van der Waals surface area contributed by atoms with Crippen LogP contribution in [-0.2, 0) is 11.3 Å². The molecule has 0 atom stereocenters. The number of carbonyl (C=O) groups excluding carboxylic acids is 1. The van der Waals surface area contributed by atoms with E-state index in [9.17, 15) is 4.79 Å². The molecule has 1 aliphatic rings. The molecule has 5 heteroatoms. The van der Waals surface area contributed by atoms with E-state index < -0.39 is 0 Å². The van der Waals surface area contributed by atoms with Crippen LogP contribution in [0.1, 0.15) is 12.8 Å². The number of amides is 1. The SMILES string of the molecule is O=C(Cn1ccnc1-c1ccc2ncccc2c1)N1CCCC1.